The second kappa shape index (κ2) is 4.40. The van der Waals surface area contributed by atoms with Gasteiger partial charge in [-0.3, -0.25) is 14.5 Å². The first kappa shape index (κ1) is 13.0. The molecule has 1 aliphatic carbocycles. The van der Waals surface area contributed by atoms with Crippen LogP contribution in [0.25, 0.3) is 10.8 Å². The smallest absolute Gasteiger partial charge is 0.230 e. The number of primary amides is 1. The zero-order chi connectivity index (χ0) is 15.3. The molecule has 0 bridgehead atoms. The minimum absolute atomic E-state index is 0.0624. The lowest BCUT2D eigenvalue weighted by atomic mass is 9.94. The second-order valence-electron chi connectivity index (χ2n) is 5.96. The SMILES string of the molecule is Cn1cc(C2CC2(C(N)=O)c2cc3ccccc3cn2)cn1. The van der Waals surface area contributed by atoms with E-state index in [9.17, 15) is 4.79 Å². The van der Waals surface area contributed by atoms with Gasteiger partial charge in [-0.15, -0.1) is 0 Å². The van der Waals surface area contributed by atoms with Gasteiger partial charge in [0.2, 0.25) is 5.91 Å². The molecule has 2 heterocycles. The van der Waals surface area contributed by atoms with E-state index in [0.717, 1.165) is 22.0 Å². The molecule has 3 aromatic rings. The molecule has 0 spiro atoms. The van der Waals surface area contributed by atoms with Crippen LogP contribution in [0, 0.1) is 0 Å². The van der Waals surface area contributed by atoms with E-state index >= 15 is 0 Å². The molecular weight excluding hydrogens is 276 g/mol. The Kier molecular flexibility index (Phi) is 2.60. The third-order valence-electron chi connectivity index (χ3n) is 4.62. The topological polar surface area (TPSA) is 73.8 Å². The molecule has 5 nitrogen and oxygen atoms in total. The summed E-state index contributed by atoms with van der Waals surface area (Å²) in [4.78, 5) is 16.7. The number of carbonyl (C=O) groups excluding carboxylic acids is 1. The van der Waals surface area contributed by atoms with E-state index in [1.807, 2.05) is 49.8 Å². The highest BCUT2D eigenvalue weighted by molar-refractivity contribution is 5.93. The number of pyridine rings is 1. The number of nitrogens with two attached hydrogens (primary N) is 1. The number of rotatable bonds is 3. The molecule has 1 aromatic carbocycles. The predicted octanol–water partition coefficient (Wildman–Crippen LogP) is 1.88. The molecule has 2 aromatic heterocycles. The van der Waals surface area contributed by atoms with Crippen LogP contribution in [0.15, 0.2) is 48.9 Å². The summed E-state index contributed by atoms with van der Waals surface area (Å²) in [5.74, 6) is -0.253. The Morgan fingerprint density at radius 3 is 2.77 bits per heavy atom. The summed E-state index contributed by atoms with van der Waals surface area (Å²) in [6.07, 6.45) is 6.25. The maximum atomic E-state index is 12.2. The fourth-order valence-electron chi connectivity index (χ4n) is 3.29. The van der Waals surface area contributed by atoms with Crippen molar-refractivity contribution < 1.29 is 4.79 Å². The summed E-state index contributed by atoms with van der Waals surface area (Å²) < 4.78 is 1.74. The average Bonchev–Trinajstić information content (AvgIpc) is 3.15. The van der Waals surface area contributed by atoms with Crippen LogP contribution in [0.5, 0.6) is 0 Å². The van der Waals surface area contributed by atoms with Gasteiger partial charge in [-0.1, -0.05) is 24.3 Å². The third kappa shape index (κ3) is 1.75. The molecule has 22 heavy (non-hydrogen) atoms. The van der Waals surface area contributed by atoms with Crippen LogP contribution in [-0.4, -0.2) is 20.7 Å². The van der Waals surface area contributed by atoms with Gasteiger partial charge < -0.3 is 5.73 Å². The van der Waals surface area contributed by atoms with Crippen LogP contribution in [0.2, 0.25) is 0 Å². The number of carbonyl (C=O) groups is 1. The largest absolute Gasteiger partial charge is 0.369 e. The molecule has 0 radical (unpaired) electrons. The molecule has 1 amide bonds. The van der Waals surface area contributed by atoms with E-state index in [-0.39, 0.29) is 11.8 Å². The molecule has 0 aliphatic heterocycles. The van der Waals surface area contributed by atoms with Gasteiger partial charge in [-0.25, -0.2) is 0 Å². The van der Waals surface area contributed by atoms with Crippen molar-refractivity contribution in [1.82, 2.24) is 14.8 Å². The van der Waals surface area contributed by atoms with E-state index < -0.39 is 5.41 Å². The average molecular weight is 292 g/mol. The molecular formula is C17H16N4O. The molecule has 2 N–H and O–H groups in total. The number of hydrogen-bond donors (Lipinski definition) is 1. The Labute approximate surface area is 127 Å². The summed E-state index contributed by atoms with van der Waals surface area (Å²) in [5, 5.41) is 6.32. The molecule has 1 fully saturated rings. The quantitative estimate of drug-likeness (QED) is 0.801. The van der Waals surface area contributed by atoms with E-state index in [2.05, 4.69) is 10.1 Å². The first-order valence-corrected chi connectivity index (χ1v) is 7.25. The molecule has 5 heteroatoms. The third-order valence-corrected chi connectivity index (χ3v) is 4.62. The summed E-state index contributed by atoms with van der Waals surface area (Å²) in [6.45, 7) is 0. The van der Waals surface area contributed by atoms with Crippen LogP contribution >= 0.6 is 0 Å². The van der Waals surface area contributed by atoms with Gasteiger partial charge in [0.25, 0.3) is 0 Å². The van der Waals surface area contributed by atoms with Crippen molar-refractivity contribution in [2.45, 2.75) is 17.8 Å². The zero-order valence-electron chi connectivity index (χ0n) is 12.2. The molecule has 110 valence electrons. The molecule has 1 saturated carbocycles. The van der Waals surface area contributed by atoms with Gasteiger partial charge in [0.05, 0.1) is 17.3 Å². The lowest BCUT2D eigenvalue weighted by Crippen LogP contribution is -2.31. The fraction of sp³-hybridized carbons (Fsp3) is 0.235. The summed E-state index contributed by atoms with van der Waals surface area (Å²) in [6, 6.07) is 9.97. The molecule has 1 aliphatic rings. The van der Waals surface area contributed by atoms with Crippen LogP contribution in [0.4, 0.5) is 0 Å². The predicted molar refractivity (Wildman–Crippen MR) is 83.2 cm³/mol. The Hall–Kier alpha value is -2.69. The van der Waals surface area contributed by atoms with Crippen LogP contribution in [0.3, 0.4) is 0 Å². The minimum Gasteiger partial charge on any atom is -0.369 e. The van der Waals surface area contributed by atoms with E-state index in [1.165, 1.54) is 0 Å². The number of amides is 1. The van der Waals surface area contributed by atoms with Crippen molar-refractivity contribution in [3.05, 3.63) is 60.2 Å². The molecule has 2 unspecified atom stereocenters. The van der Waals surface area contributed by atoms with Crippen LogP contribution in [-0.2, 0) is 17.3 Å². The first-order chi connectivity index (χ1) is 10.6. The maximum Gasteiger partial charge on any atom is 0.230 e. The number of fused-ring (bicyclic) bond motifs is 1. The van der Waals surface area contributed by atoms with E-state index in [1.54, 1.807) is 10.9 Å². The number of aryl methyl sites for hydroxylation is 1. The zero-order valence-corrected chi connectivity index (χ0v) is 12.2. The van der Waals surface area contributed by atoms with Gasteiger partial charge in [0.15, 0.2) is 0 Å². The normalized spacial score (nSPS) is 23.6. The summed E-state index contributed by atoms with van der Waals surface area (Å²) in [7, 11) is 1.87. The lowest BCUT2D eigenvalue weighted by Gasteiger charge is -2.13. The molecule has 2 atom stereocenters. The van der Waals surface area contributed by atoms with Gasteiger partial charge in [-0.2, -0.15) is 5.10 Å². The highest BCUT2D eigenvalue weighted by Crippen LogP contribution is 2.59. The van der Waals surface area contributed by atoms with Gasteiger partial charge in [0, 0.05) is 30.7 Å². The number of nitrogens with zero attached hydrogens (tertiary/aromatic N) is 3. The van der Waals surface area contributed by atoms with Gasteiger partial charge in [-0.05, 0) is 23.4 Å². The number of hydrogen-bond acceptors (Lipinski definition) is 3. The summed E-state index contributed by atoms with van der Waals surface area (Å²) in [5.41, 5.74) is 6.83. The van der Waals surface area contributed by atoms with E-state index in [0.29, 0.717) is 6.42 Å². The van der Waals surface area contributed by atoms with Crippen molar-refractivity contribution in [2.75, 3.05) is 0 Å². The standard InChI is InChI=1S/C17H16N4O/c1-21-10-13(9-20-21)14-7-17(14,16(18)22)15-6-11-4-2-3-5-12(11)8-19-15/h2-6,8-10,14H,7H2,1H3,(H2,18,22). The first-order valence-electron chi connectivity index (χ1n) is 7.25. The highest BCUT2D eigenvalue weighted by Gasteiger charge is 2.62. The van der Waals surface area contributed by atoms with Crippen molar-refractivity contribution in [1.29, 1.82) is 0 Å². The fourth-order valence-corrected chi connectivity index (χ4v) is 3.29. The van der Waals surface area contributed by atoms with Crippen LogP contribution < -0.4 is 5.73 Å². The molecule has 4 rings (SSSR count). The van der Waals surface area contributed by atoms with Gasteiger partial charge in [0.1, 0.15) is 0 Å². The van der Waals surface area contributed by atoms with Crippen molar-refractivity contribution in [2.24, 2.45) is 12.8 Å². The van der Waals surface area contributed by atoms with Crippen LogP contribution in [0.1, 0.15) is 23.6 Å². The Morgan fingerprint density at radius 2 is 2.09 bits per heavy atom. The monoisotopic (exact) mass is 292 g/mol. The van der Waals surface area contributed by atoms with Crippen molar-refractivity contribution in [3.63, 3.8) is 0 Å². The number of aromatic nitrogens is 3. The minimum atomic E-state index is -0.701. The van der Waals surface area contributed by atoms with Gasteiger partial charge >= 0.3 is 0 Å². The Balaban J connectivity index is 1.81. The number of benzene rings is 1. The maximum absolute atomic E-state index is 12.2. The summed E-state index contributed by atoms with van der Waals surface area (Å²) >= 11 is 0. The molecule has 0 saturated heterocycles. The van der Waals surface area contributed by atoms with E-state index in [4.69, 9.17) is 5.73 Å². The van der Waals surface area contributed by atoms with Crippen molar-refractivity contribution in [3.8, 4) is 0 Å². The Bertz CT molecular complexity index is 885. The lowest BCUT2D eigenvalue weighted by molar-refractivity contribution is -0.120. The second-order valence-corrected chi connectivity index (χ2v) is 5.96. The highest BCUT2D eigenvalue weighted by atomic mass is 16.1. The van der Waals surface area contributed by atoms with Crippen molar-refractivity contribution >= 4 is 16.7 Å². The Morgan fingerprint density at radius 1 is 1.32 bits per heavy atom.